The topological polar surface area (TPSA) is 32.3 Å². The van der Waals surface area contributed by atoms with Crippen LogP contribution in [0.5, 0.6) is 0 Å². The molecule has 0 heterocycles. The van der Waals surface area contributed by atoms with E-state index in [2.05, 4.69) is 57.3 Å². The molecule has 0 aromatic heterocycles. The first-order chi connectivity index (χ1) is 9.35. The van der Waals surface area contributed by atoms with Crippen molar-refractivity contribution >= 4 is 0 Å². The molecule has 2 heteroatoms. The van der Waals surface area contributed by atoms with E-state index >= 15 is 0 Å². The van der Waals surface area contributed by atoms with Crippen LogP contribution in [0, 0.1) is 0 Å². The van der Waals surface area contributed by atoms with Crippen molar-refractivity contribution in [2.75, 3.05) is 6.61 Å². The summed E-state index contributed by atoms with van der Waals surface area (Å²) >= 11 is 0. The Labute approximate surface area is 123 Å². The van der Waals surface area contributed by atoms with Crippen LogP contribution < -0.4 is 5.32 Å². The van der Waals surface area contributed by atoms with E-state index in [0.717, 1.165) is 0 Å². The SMILES string of the molecule is CC(C)(C)c1ccc(C(C)(CO)NC2CCCC2)cc1. The van der Waals surface area contributed by atoms with Crippen molar-refractivity contribution < 1.29 is 5.11 Å². The lowest BCUT2D eigenvalue weighted by Crippen LogP contribution is -2.47. The van der Waals surface area contributed by atoms with Gasteiger partial charge in [0.1, 0.15) is 0 Å². The fourth-order valence-corrected chi connectivity index (χ4v) is 3.08. The molecule has 20 heavy (non-hydrogen) atoms. The quantitative estimate of drug-likeness (QED) is 0.877. The van der Waals surface area contributed by atoms with E-state index in [1.807, 2.05) is 0 Å². The van der Waals surface area contributed by atoms with E-state index in [4.69, 9.17) is 0 Å². The summed E-state index contributed by atoms with van der Waals surface area (Å²) in [5.74, 6) is 0. The highest BCUT2D eigenvalue weighted by Crippen LogP contribution is 2.28. The molecule has 0 spiro atoms. The monoisotopic (exact) mass is 275 g/mol. The van der Waals surface area contributed by atoms with E-state index < -0.39 is 0 Å². The zero-order valence-electron chi connectivity index (χ0n) is 13.4. The fraction of sp³-hybridized carbons (Fsp3) is 0.667. The molecule has 1 fully saturated rings. The predicted molar refractivity (Wildman–Crippen MR) is 85.0 cm³/mol. The molecule has 1 saturated carbocycles. The summed E-state index contributed by atoms with van der Waals surface area (Å²) in [7, 11) is 0. The van der Waals surface area contributed by atoms with Gasteiger partial charge in [-0.05, 0) is 36.3 Å². The number of rotatable bonds is 4. The average molecular weight is 275 g/mol. The lowest BCUT2D eigenvalue weighted by molar-refractivity contribution is 0.161. The molecule has 1 aliphatic rings. The van der Waals surface area contributed by atoms with Crippen LogP contribution >= 0.6 is 0 Å². The summed E-state index contributed by atoms with van der Waals surface area (Å²) in [6.45, 7) is 8.92. The smallest absolute Gasteiger partial charge is 0.0652 e. The molecule has 2 N–H and O–H groups in total. The minimum absolute atomic E-state index is 0.137. The second-order valence-corrected chi connectivity index (χ2v) is 7.44. The first kappa shape index (κ1) is 15.5. The molecule has 1 aliphatic carbocycles. The molecule has 0 saturated heterocycles. The van der Waals surface area contributed by atoms with Gasteiger partial charge in [-0.3, -0.25) is 0 Å². The van der Waals surface area contributed by atoms with Crippen molar-refractivity contribution in [2.45, 2.75) is 70.4 Å². The van der Waals surface area contributed by atoms with Gasteiger partial charge in [0, 0.05) is 6.04 Å². The Bertz CT molecular complexity index is 426. The number of aliphatic hydroxyl groups excluding tert-OH is 1. The van der Waals surface area contributed by atoms with Crippen LogP contribution in [0.3, 0.4) is 0 Å². The number of benzene rings is 1. The lowest BCUT2D eigenvalue weighted by Gasteiger charge is -2.33. The van der Waals surface area contributed by atoms with Gasteiger partial charge in [0.2, 0.25) is 0 Å². The van der Waals surface area contributed by atoms with E-state index in [1.165, 1.54) is 36.8 Å². The summed E-state index contributed by atoms with van der Waals surface area (Å²) in [5.41, 5.74) is 2.36. The summed E-state index contributed by atoms with van der Waals surface area (Å²) < 4.78 is 0. The molecule has 2 nitrogen and oxygen atoms in total. The normalized spacial score (nSPS) is 20.1. The molecule has 0 bridgehead atoms. The van der Waals surface area contributed by atoms with E-state index in [0.29, 0.717) is 6.04 Å². The van der Waals surface area contributed by atoms with Crippen LogP contribution in [0.25, 0.3) is 0 Å². The van der Waals surface area contributed by atoms with Gasteiger partial charge in [0.25, 0.3) is 0 Å². The molecule has 0 radical (unpaired) electrons. The van der Waals surface area contributed by atoms with Gasteiger partial charge in [-0.25, -0.2) is 0 Å². The van der Waals surface area contributed by atoms with E-state index in [1.54, 1.807) is 0 Å². The summed E-state index contributed by atoms with van der Waals surface area (Å²) in [6.07, 6.45) is 5.08. The molecule has 1 unspecified atom stereocenters. The maximum absolute atomic E-state index is 9.87. The van der Waals surface area contributed by atoms with Gasteiger partial charge in [-0.2, -0.15) is 0 Å². The Balaban J connectivity index is 2.17. The van der Waals surface area contributed by atoms with E-state index in [9.17, 15) is 5.11 Å². The molecule has 1 aromatic rings. The van der Waals surface area contributed by atoms with Crippen LogP contribution in [-0.2, 0) is 11.0 Å². The predicted octanol–water partition coefficient (Wildman–Crippen LogP) is 3.72. The molecule has 112 valence electrons. The van der Waals surface area contributed by atoms with Gasteiger partial charge in [-0.15, -0.1) is 0 Å². The maximum atomic E-state index is 9.87. The standard InChI is InChI=1S/C18H29NO/c1-17(2,3)14-9-11-15(12-10-14)18(4,13-20)19-16-7-5-6-8-16/h9-12,16,19-20H,5-8,13H2,1-4H3. The second-order valence-electron chi connectivity index (χ2n) is 7.44. The Hall–Kier alpha value is -0.860. The van der Waals surface area contributed by atoms with Crippen molar-refractivity contribution in [3.63, 3.8) is 0 Å². The molecule has 0 amide bonds. The molecular weight excluding hydrogens is 246 g/mol. The van der Waals surface area contributed by atoms with E-state index in [-0.39, 0.29) is 17.6 Å². The van der Waals surface area contributed by atoms with Crippen LogP contribution in [0.15, 0.2) is 24.3 Å². The molecule has 1 atom stereocenters. The highest BCUT2D eigenvalue weighted by Gasteiger charge is 2.30. The number of hydrogen-bond donors (Lipinski definition) is 2. The number of aliphatic hydroxyl groups is 1. The Morgan fingerprint density at radius 3 is 1.95 bits per heavy atom. The minimum atomic E-state index is -0.328. The molecular formula is C18H29NO. The molecule has 2 rings (SSSR count). The Morgan fingerprint density at radius 2 is 1.50 bits per heavy atom. The lowest BCUT2D eigenvalue weighted by atomic mass is 9.84. The minimum Gasteiger partial charge on any atom is -0.394 e. The van der Waals surface area contributed by atoms with Crippen LogP contribution in [0.2, 0.25) is 0 Å². The van der Waals surface area contributed by atoms with Gasteiger partial charge in [0.15, 0.2) is 0 Å². The summed E-state index contributed by atoms with van der Waals surface area (Å²) in [6, 6.07) is 9.27. The van der Waals surface area contributed by atoms with Crippen molar-refractivity contribution in [3.8, 4) is 0 Å². The zero-order valence-corrected chi connectivity index (χ0v) is 13.4. The highest BCUT2D eigenvalue weighted by molar-refractivity contribution is 5.31. The zero-order chi connectivity index (χ0) is 14.8. The first-order valence-corrected chi connectivity index (χ1v) is 7.85. The maximum Gasteiger partial charge on any atom is 0.0652 e. The highest BCUT2D eigenvalue weighted by atomic mass is 16.3. The number of nitrogens with one attached hydrogen (secondary N) is 1. The van der Waals surface area contributed by atoms with Gasteiger partial charge in [0.05, 0.1) is 12.1 Å². The van der Waals surface area contributed by atoms with Crippen molar-refractivity contribution in [2.24, 2.45) is 0 Å². The Kier molecular flexibility index (Phi) is 4.55. The van der Waals surface area contributed by atoms with Gasteiger partial charge >= 0.3 is 0 Å². The third kappa shape index (κ3) is 3.42. The summed E-state index contributed by atoms with van der Waals surface area (Å²) in [5, 5.41) is 13.5. The van der Waals surface area contributed by atoms with Crippen molar-refractivity contribution in [3.05, 3.63) is 35.4 Å². The second kappa shape index (κ2) is 5.87. The fourth-order valence-electron chi connectivity index (χ4n) is 3.08. The largest absolute Gasteiger partial charge is 0.394 e. The molecule has 1 aromatic carbocycles. The van der Waals surface area contributed by atoms with Crippen LogP contribution in [0.4, 0.5) is 0 Å². The molecule has 0 aliphatic heterocycles. The van der Waals surface area contributed by atoms with Crippen LogP contribution in [0.1, 0.15) is 64.5 Å². The van der Waals surface area contributed by atoms with Crippen molar-refractivity contribution in [1.82, 2.24) is 5.32 Å². The summed E-state index contributed by atoms with van der Waals surface area (Å²) in [4.78, 5) is 0. The average Bonchev–Trinajstić information content (AvgIpc) is 2.90. The van der Waals surface area contributed by atoms with Gasteiger partial charge < -0.3 is 10.4 Å². The number of hydrogen-bond acceptors (Lipinski definition) is 2. The van der Waals surface area contributed by atoms with Crippen molar-refractivity contribution in [1.29, 1.82) is 0 Å². The first-order valence-electron chi connectivity index (χ1n) is 7.85. The third-order valence-corrected chi connectivity index (χ3v) is 4.58. The Morgan fingerprint density at radius 1 is 1.00 bits per heavy atom. The third-order valence-electron chi connectivity index (χ3n) is 4.58. The van der Waals surface area contributed by atoms with Crippen LogP contribution in [-0.4, -0.2) is 17.8 Å². The van der Waals surface area contributed by atoms with Gasteiger partial charge in [-0.1, -0.05) is 57.9 Å².